The number of imidazole rings is 1. The molecule has 2 aliphatic heterocycles. The summed E-state index contributed by atoms with van der Waals surface area (Å²) in [6.07, 6.45) is 9.48. The van der Waals surface area contributed by atoms with Gasteiger partial charge in [0.2, 0.25) is 5.91 Å². The van der Waals surface area contributed by atoms with Crippen LogP contribution in [-0.2, 0) is 18.4 Å². The minimum Gasteiger partial charge on any atom is -0.337 e. The fraction of sp³-hybridized carbons (Fsp3) is 0.778. The van der Waals surface area contributed by atoms with Crippen molar-refractivity contribution in [3.63, 3.8) is 0 Å². The van der Waals surface area contributed by atoms with E-state index >= 15 is 0 Å². The Bertz CT molecular complexity index is 586. The van der Waals surface area contributed by atoms with E-state index < -0.39 is 0 Å². The fourth-order valence-electron chi connectivity index (χ4n) is 4.57. The van der Waals surface area contributed by atoms with E-state index in [-0.39, 0.29) is 5.92 Å². The van der Waals surface area contributed by atoms with Crippen LogP contribution in [0.4, 0.5) is 0 Å². The average Bonchev–Trinajstić information content (AvgIpc) is 3.13. The van der Waals surface area contributed by atoms with Crippen LogP contribution in [0.5, 0.6) is 0 Å². The standard InChI is InChI=1S/C18H29N5O/c1-22-10-9-21-16(22)13-23(17(24)14-3-2-6-20-12-14)15-11-18(15)4-7-19-8-5-18/h9-10,14-15,19-20H,2-8,11-13H2,1H3/t14-,15+/m1/s1. The highest BCUT2D eigenvalue weighted by Crippen LogP contribution is 2.56. The van der Waals surface area contributed by atoms with Crippen LogP contribution in [0.3, 0.4) is 0 Å². The molecule has 1 amide bonds. The van der Waals surface area contributed by atoms with E-state index in [1.807, 2.05) is 24.0 Å². The molecule has 0 radical (unpaired) electrons. The lowest BCUT2D eigenvalue weighted by molar-refractivity contribution is -0.138. The van der Waals surface area contributed by atoms with Crippen LogP contribution in [0, 0.1) is 11.3 Å². The van der Waals surface area contributed by atoms with Crippen molar-refractivity contribution in [1.29, 1.82) is 0 Å². The topological polar surface area (TPSA) is 62.2 Å². The maximum atomic E-state index is 13.3. The number of rotatable bonds is 4. The molecule has 2 N–H and O–H groups in total. The molecule has 1 aliphatic carbocycles. The lowest BCUT2D eigenvalue weighted by atomic mass is 9.92. The molecule has 3 heterocycles. The third-order valence-corrected chi connectivity index (χ3v) is 6.28. The van der Waals surface area contributed by atoms with E-state index in [9.17, 15) is 4.79 Å². The number of nitrogens with zero attached hydrogens (tertiary/aromatic N) is 3. The number of carbonyl (C=O) groups is 1. The molecule has 3 fully saturated rings. The maximum Gasteiger partial charge on any atom is 0.227 e. The van der Waals surface area contributed by atoms with Crippen molar-refractivity contribution in [2.24, 2.45) is 18.4 Å². The van der Waals surface area contributed by atoms with Crippen LogP contribution < -0.4 is 10.6 Å². The van der Waals surface area contributed by atoms with Crippen LogP contribution in [0.1, 0.15) is 37.9 Å². The van der Waals surface area contributed by atoms with Crippen LogP contribution in [0.2, 0.25) is 0 Å². The Hall–Kier alpha value is -1.40. The summed E-state index contributed by atoms with van der Waals surface area (Å²) in [7, 11) is 2.01. The Balaban J connectivity index is 1.53. The number of hydrogen-bond donors (Lipinski definition) is 2. The first-order valence-electron chi connectivity index (χ1n) is 9.38. The average molecular weight is 331 g/mol. The minimum absolute atomic E-state index is 0.137. The second-order valence-corrected chi connectivity index (χ2v) is 7.80. The van der Waals surface area contributed by atoms with E-state index in [0.29, 0.717) is 23.9 Å². The summed E-state index contributed by atoms with van der Waals surface area (Å²) in [5, 5.41) is 6.85. The molecule has 1 aromatic rings. The van der Waals surface area contributed by atoms with Gasteiger partial charge in [-0.25, -0.2) is 4.98 Å². The van der Waals surface area contributed by atoms with Crippen LogP contribution in [0.25, 0.3) is 0 Å². The van der Waals surface area contributed by atoms with Gasteiger partial charge in [0.05, 0.1) is 12.5 Å². The van der Waals surface area contributed by atoms with E-state index in [2.05, 4.69) is 20.5 Å². The number of amides is 1. The van der Waals surface area contributed by atoms with Gasteiger partial charge in [-0.05, 0) is 57.2 Å². The van der Waals surface area contributed by atoms with Gasteiger partial charge in [0.15, 0.2) is 0 Å². The fourth-order valence-corrected chi connectivity index (χ4v) is 4.57. The van der Waals surface area contributed by atoms with Gasteiger partial charge in [-0.15, -0.1) is 0 Å². The van der Waals surface area contributed by atoms with Crippen molar-refractivity contribution < 1.29 is 4.79 Å². The highest BCUT2D eigenvalue weighted by Gasteiger charge is 2.58. The normalized spacial score (nSPS) is 28.7. The van der Waals surface area contributed by atoms with Gasteiger partial charge < -0.3 is 20.1 Å². The van der Waals surface area contributed by atoms with E-state index in [0.717, 1.165) is 44.8 Å². The molecule has 24 heavy (non-hydrogen) atoms. The highest BCUT2D eigenvalue weighted by molar-refractivity contribution is 5.80. The molecule has 132 valence electrons. The number of aryl methyl sites for hydroxylation is 1. The van der Waals surface area contributed by atoms with Crippen molar-refractivity contribution in [1.82, 2.24) is 25.1 Å². The van der Waals surface area contributed by atoms with Crippen LogP contribution in [-0.4, -0.2) is 52.6 Å². The van der Waals surface area contributed by atoms with E-state index in [1.54, 1.807) is 0 Å². The van der Waals surface area contributed by atoms with Crippen molar-refractivity contribution in [3.8, 4) is 0 Å². The van der Waals surface area contributed by atoms with Gasteiger partial charge in [-0.2, -0.15) is 0 Å². The Labute approximate surface area is 144 Å². The summed E-state index contributed by atoms with van der Waals surface area (Å²) in [5.74, 6) is 1.46. The summed E-state index contributed by atoms with van der Waals surface area (Å²) < 4.78 is 2.04. The molecule has 4 rings (SSSR count). The minimum atomic E-state index is 0.137. The molecule has 2 saturated heterocycles. The number of carbonyl (C=O) groups excluding carboxylic acids is 1. The number of piperidine rings is 2. The van der Waals surface area contributed by atoms with Crippen molar-refractivity contribution in [2.45, 2.75) is 44.7 Å². The number of nitrogens with one attached hydrogen (secondary N) is 2. The number of aromatic nitrogens is 2. The summed E-state index contributed by atoms with van der Waals surface area (Å²) in [6, 6.07) is 0.408. The molecule has 3 aliphatic rings. The van der Waals surface area contributed by atoms with Crippen LogP contribution in [0.15, 0.2) is 12.4 Å². The van der Waals surface area contributed by atoms with Crippen molar-refractivity contribution >= 4 is 5.91 Å². The Kier molecular flexibility index (Phi) is 4.35. The molecule has 0 bridgehead atoms. The molecule has 0 aromatic carbocycles. The summed E-state index contributed by atoms with van der Waals surface area (Å²) >= 11 is 0. The molecule has 2 atom stereocenters. The molecular formula is C18H29N5O. The smallest absolute Gasteiger partial charge is 0.227 e. The Morgan fingerprint density at radius 3 is 2.88 bits per heavy atom. The molecule has 1 saturated carbocycles. The molecule has 0 unspecified atom stereocenters. The molecular weight excluding hydrogens is 302 g/mol. The zero-order valence-electron chi connectivity index (χ0n) is 14.6. The van der Waals surface area contributed by atoms with E-state index in [4.69, 9.17) is 0 Å². The quantitative estimate of drug-likeness (QED) is 0.860. The largest absolute Gasteiger partial charge is 0.337 e. The monoisotopic (exact) mass is 331 g/mol. The SMILES string of the molecule is Cn1ccnc1CN(C(=O)[C@@H]1CCCNC1)[C@H]1CC12CCNCC2. The van der Waals surface area contributed by atoms with Crippen LogP contribution >= 0.6 is 0 Å². The second kappa shape index (κ2) is 6.48. The zero-order chi connectivity index (χ0) is 16.6. The highest BCUT2D eigenvalue weighted by atomic mass is 16.2. The third-order valence-electron chi connectivity index (χ3n) is 6.28. The molecule has 6 nitrogen and oxygen atoms in total. The predicted molar refractivity (Wildman–Crippen MR) is 92.3 cm³/mol. The third kappa shape index (κ3) is 2.97. The van der Waals surface area contributed by atoms with Gasteiger partial charge in [0.25, 0.3) is 0 Å². The first kappa shape index (κ1) is 16.1. The second-order valence-electron chi connectivity index (χ2n) is 7.80. The van der Waals surface area contributed by atoms with Crippen molar-refractivity contribution in [2.75, 3.05) is 26.2 Å². The van der Waals surface area contributed by atoms with Gasteiger partial charge in [-0.1, -0.05) is 0 Å². The first-order chi connectivity index (χ1) is 11.7. The summed E-state index contributed by atoms with van der Waals surface area (Å²) in [5.41, 5.74) is 0.369. The lowest BCUT2D eigenvalue weighted by Gasteiger charge is -2.33. The van der Waals surface area contributed by atoms with Gasteiger partial charge in [-0.3, -0.25) is 4.79 Å². The van der Waals surface area contributed by atoms with Gasteiger partial charge >= 0.3 is 0 Å². The predicted octanol–water partition coefficient (Wildman–Crippen LogP) is 0.890. The van der Waals surface area contributed by atoms with Gasteiger partial charge in [0, 0.05) is 32.0 Å². The van der Waals surface area contributed by atoms with E-state index in [1.165, 1.54) is 19.3 Å². The summed E-state index contributed by atoms with van der Waals surface area (Å²) in [6.45, 7) is 4.70. The maximum absolute atomic E-state index is 13.3. The zero-order valence-corrected chi connectivity index (χ0v) is 14.6. The number of hydrogen-bond acceptors (Lipinski definition) is 4. The summed E-state index contributed by atoms with van der Waals surface area (Å²) in [4.78, 5) is 19.9. The Morgan fingerprint density at radius 2 is 2.21 bits per heavy atom. The first-order valence-corrected chi connectivity index (χ1v) is 9.38. The molecule has 1 spiro atoms. The van der Waals surface area contributed by atoms with Gasteiger partial charge in [0.1, 0.15) is 5.82 Å². The molecule has 6 heteroatoms. The lowest BCUT2D eigenvalue weighted by Crippen LogP contribution is -2.46. The van der Waals surface area contributed by atoms with Crippen molar-refractivity contribution in [3.05, 3.63) is 18.2 Å². The Morgan fingerprint density at radius 1 is 1.38 bits per heavy atom. The molecule has 1 aromatic heterocycles.